The first-order valence-electron chi connectivity index (χ1n) is 7.69. The molecule has 2 rings (SSSR count). The highest BCUT2D eigenvalue weighted by Crippen LogP contribution is 2.39. The number of thioether (sulfide) groups is 1. The van der Waals surface area contributed by atoms with Gasteiger partial charge in [0.1, 0.15) is 11.6 Å². The molecule has 27 heavy (non-hydrogen) atoms. The molecule has 0 saturated carbocycles. The molecule has 0 radical (unpaired) electrons. The fourth-order valence-corrected chi connectivity index (χ4v) is 2.76. The third-order valence-corrected chi connectivity index (χ3v) is 4.26. The van der Waals surface area contributed by atoms with Crippen LogP contribution in [0, 0.1) is 11.3 Å². The van der Waals surface area contributed by atoms with Crippen LogP contribution in [0.25, 0.3) is 11.3 Å². The maximum Gasteiger partial charge on any atom is 0.343 e. The number of hydrogen-bond donors (Lipinski definition) is 1. The van der Waals surface area contributed by atoms with Crippen molar-refractivity contribution in [3.05, 3.63) is 33.1 Å². The van der Waals surface area contributed by atoms with Crippen LogP contribution in [0.3, 0.4) is 0 Å². The Morgan fingerprint density at radius 2 is 2.07 bits per heavy atom. The number of benzene rings is 1. The molecule has 1 N–H and O–H groups in total. The van der Waals surface area contributed by atoms with Gasteiger partial charge in [-0.25, -0.2) is 9.78 Å². The lowest BCUT2D eigenvalue weighted by Crippen LogP contribution is -2.15. The summed E-state index contributed by atoms with van der Waals surface area (Å²) in [4.78, 5) is 30.3. The zero-order valence-electron chi connectivity index (χ0n) is 14.8. The molecule has 0 aliphatic rings. The number of aromatic amines is 1. The molecular formula is C17H16ClN3O5S. The third-order valence-electron chi connectivity index (χ3n) is 3.36. The zero-order chi connectivity index (χ0) is 20.0. The number of methoxy groups -OCH3 is 1. The maximum absolute atomic E-state index is 12.1. The minimum atomic E-state index is -0.565. The molecular weight excluding hydrogens is 394 g/mol. The van der Waals surface area contributed by atoms with Crippen molar-refractivity contribution in [3.8, 4) is 28.8 Å². The molecule has 2 aromatic rings. The van der Waals surface area contributed by atoms with Gasteiger partial charge in [-0.15, -0.1) is 0 Å². The van der Waals surface area contributed by atoms with Crippen molar-refractivity contribution in [1.29, 1.82) is 5.26 Å². The van der Waals surface area contributed by atoms with Gasteiger partial charge in [-0.05, 0) is 19.2 Å². The van der Waals surface area contributed by atoms with Crippen LogP contribution in [-0.4, -0.2) is 42.5 Å². The monoisotopic (exact) mass is 409 g/mol. The summed E-state index contributed by atoms with van der Waals surface area (Å²) in [6.45, 7) is 1.77. The molecule has 0 saturated heterocycles. The van der Waals surface area contributed by atoms with E-state index in [1.54, 1.807) is 13.2 Å². The lowest BCUT2D eigenvalue weighted by atomic mass is 10.1. The van der Waals surface area contributed by atoms with E-state index in [0.717, 1.165) is 0 Å². The second-order valence-electron chi connectivity index (χ2n) is 4.99. The molecule has 1 heterocycles. The van der Waals surface area contributed by atoms with E-state index in [9.17, 15) is 14.9 Å². The topological polar surface area (TPSA) is 114 Å². The largest absolute Gasteiger partial charge is 0.490 e. The molecule has 1 aromatic heterocycles. The predicted molar refractivity (Wildman–Crippen MR) is 100 cm³/mol. The Labute approximate surface area is 164 Å². The Morgan fingerprint density at radius 1 is 1.37 bits per heavy atom. The van der Waals surface area contributed by atoms with E-state index in [0.29, 0.717) is 17.3 Å². The SMILES string of the molecule is CCOc1cc(-c2nc(SC)[nH]c(=O)c2C#N)c(Cl)cc1OCC(=O)OC. The number of nitrogens with zero attached hydrogens (tertiary/aromatic N) is 2. The summed E-state index contributed by atoms with van der Waals surface area (Å²) in [5.74, 6) is -0.0489. The van der Waals surface area contributed by atoms with Crippen LogP contribution in [0.2, 0.25) is 5.02 Å². The number of carbonyl (C=O) groups excluding carboxylic acids is 1. The Hall–Kier alpha value is -2.70. The van der Waals surface area contributed by atoms with E-state index in [-0.39, 0.29) is 34.4 Å². The standard InChI is InChI=1S/C17H16ClN3O5S/c1-4-25-12-5-9(11(18)6-13(12)26-8-14(22)24-2)15-10(7-19)16(23)21-17(20-15)27-3/h5-6H,4,8H2,1-3H3,(H,20,21,23). The molecule has 0 aliphatic heterocycles. The van der Waals surface area contributed by atoms with Gasteiger partial charge in [0, 0.05) is 11.6 Å². The number of nitriles is 1. The van der Waals surface area contributed by atoms with E-state index in [4.69, 9.17) is 21.1 Å². The van der Waals surface area contributed by atoms with Crippen molar-refractivity contribution in [2.75, 3.05) is 26.6 Å². The lowest BCUT2D eigenvalue weighted by Gasteiger charge is -2.15. The van der Waals surface area contributed by atoms with Gasteiger partial charge in [0.15, 0.2) is 23.3 Å². The highest BCUT2D eigenvalue weighted by Gasteiger charge is 2.20. The van der Waals surface area contributed by atoms with E-state index >= 15 is 0 Å². The van der Waals surface area contributed by atoms with Gasteiger partial charge in [-0.1, -0.05) is 23.4 Å². The van der Waals surface area contributed by atoms with Crippen LogP contribution < -0.4 is 15.0 Å². The lowest BCUT2D eigenvalue weighted by molar-refractivity contribution is -0.142. The number of carbonyl (C=O) groups is 1. The number of H-pyrrole nitrogens is 1. The highest BCUT2D eigenvalue weighted by atomic mass is 35.5. The van der Waals surface area contributed by atoms with Gasteiger partial charge < -0.3 is 19.2 Å². The summed E-state index contributed by atoms with van der Waals surface area (Å²) in [6, 6.07) is 4.80. The number of rotatable bonds is 7. The molecule has 0 fully saturated rings. The van der Waals surface area contributed by atoms with E-state index in [2.05, 4.69) is 14.7 Å². The van der Waals surface area contributed by atoms with Crippen LogP contribution in [0.5, 0.6) is 11.5 Å². The van der Waals surface area contributed by atoms with Crippen LogP contribution in [0.4, 0.5) is 0 Å². The normalized spacial score (nSPS) is 10.2. The molecule has 142 valence electrons. The molecule has 1 aromatic carbocycles. The second kappa shape index (κ2) is 9.30. The van der Waals surface area contributed by atoms with E-state index in [1.165, 1.54) is 31.0 Å². The quantitative estimate of drug-likeness (QED) is 0.421. The predicted octanol–water partition coefficient (Wildman–Crippen LogP) is 2.63. The van der Waals surface area contributed by atoms with Gasteiger partial charge in [-0.2, -0.15) is 5.26 Å². The third kappa shape index (κ3) is 4.72. The average Bonchev–Trinajstić information content (AvgIpc) is 2.66. The Balaban J connectivity index is 2.60. The number of hydrogen-bond acceptors (Lipinski definition) is 8. The first-order chi connectivity index (χ1) is 12.9. The van der Waals surface area contributed by atoms with Gasteiger partial charge in [0.05, 0.1) is 24.4 Å². The maximum atomic E-state index is 12.1. The Kier molecular flexibility index (Phi) is 7.10. The van der Waals surface area contributed by atoms with Crippen LogP contribution in [-0.2, 0) is 9.53 Å². The smallest absolute Gasteiger partial charge is 0.343 e. The minimum absolute atomic E-state index is 0.135. The molecule has 0 unspecified atom stereocenters. The van der Waals surface area contributed by atoms with Crippen molar-refractivity contribution in [2.45, 2.75) is 12.1 Å². The summed E-state index contributed by atoms with van der Waals surface area (Å²) in [6.07, 6.45) is 1.74. The molecule has 8 nitrogen and oxygen atoms in total. The Bertz CT molecular complexity index is 955. The van der Waals surface area contributed by atoms with Crippen LogP contribution in [0.15, 0.2) is 22.1 Å². The second-order valence-corrected chi connectivity index (χ2v) is 6.19. The first kappa shape index (κ1) is 20.6. The summed E-state index contributed by atoms with van der Waals surface area (Å²) in [7, 11) is 1.25. The molecule has 10 heteroatoms. The summed E-state index contributed by atoms with van der Waals surface area (Å²) in [5.41, 5.74) is -0.258. The summed E-state index contributed by atoms with van der Waals surface area (Å²) >= 11 is 7.56. The number of ether oxygens (including phenoxy) is 3. The van der Waals surface area contributed by atoms with E-state index < -0.39 is 11.5 Å². The van der Waals surface area contributed by atoms with Gasteiger partial charge in [-0.3, -0.25) is 4.79 Å². The van der Waals surface area contributed by atoms with Crippen LogP contribution in [0.1, 0.15) is 12.5 Å². The number of nitrogens with one attached hydrogen (secondary N) is 1. The zero-order valence-corrected chi connectivity index (χ0v) is 16.4. The van der Waals surface area contributed by atoms with Gasteiger partial charge >= 0.3 is 5.97 Å². The fourth-order valence-electron chi connectivity index (χ4n) is 2.14. The van der Waals surface area contributed by atoms with Gasteiger partial charge in [0.2, 0.25) is 0 Å². The van der Waals surface area contributed by atoms with Crippen LogP contribution >= 0.6 is 23.4 Å². The number of halogens is 1. The summed E-state index contributed by atoms with van der Waals surface area (Å²) < 4.78 is 15.5. The van der Waals surface area contributed by atoms with Crippen molar-refractivity contribution in [1.82, 2.24) is 9.97 Å². The number of esters is 1. The Morgan fingerprint density at radius 3 is 2.67 bits per heavy atom. The minimum Gasteiger partial charge on any atom is -0.490 e. The fraction of sp³-hybridized carbons (Fsp3) is 0.294. The summed E-state index contributed by atoms with van der Waals surface area (Å²) in [5, 5.41) is 9.87. The highest BCUT2D eigenvalue weighted by molar-refractivity contribution is 7.98. The number of aromatic nitrogens is 2. The van der Waals surface area contributed by atoms with Crippen molar-refractivity contribution >= 4 is 29.3 Å². The molecule has 0 aliphatic carbocycles. The van der Waals surface area contributed by atoms with Crippen molar-refractivity contribution in [3.63, 3.8) is 0 Å². The molecule has 0 amide bonds. The molecule has 0 atom stereocenters. The molecule has 0 spiro atoms. The van der Waals surface area contributed by atoms with Gasteiger partial charge in [0.25, 0.3) is 5.56 Å². The van der Waals surface area contributed by atoms with Crippen molar-refractivity contribution in [2.24, 2.45) is 0 Å². The van der Waals surface area contributed by atoms with Crippen molar-refractivity contribution < 1.29 is 19.0 Å². The average molecular weight is 410 g/mol. The first-order valence-corrected chi connectivity index (χ1v) is 9.30. The van der Waals surface area contributed by atoms with E-state index in [1.807, 2.05) is 6.07 Å². The molecule has 0 bridgehead atoms.